The van der Waals surface area contributed by atoms with Gasteiger partial charge >= 0.3 is 0 Å². The number of nitrogens with zero attached hydrogens (tertiary/aromatic N) is 3. The predicted octanol–water partition coefficient (Wildman–Crippen LogP) is 1.15. The van der Waals surface area contributed by atoms with Crippen LogP contribution in [0.3, 0.4) is 0 Å². The second kappa shape index (κ2) is 8.00. The highest BCUT2D eigenvalue weighted by Gasteiger charge is 2.17. The number of rotatable bonds is 4. The van der Waals surface area contributed by atoms with E-state index < -0.39 is 5.82 Å². The maximum absolute atomic E-state index is 14.0. The SMILES string of the molecule is Cl.O=C(CC1CNCCO1)Nc1ccc(-n2cncn2)c(F)c1. The molecule has 0 saturated carbocycles. The first kappa shape index (κ1) is 17.3. The Morgan fingerprint density at radius 3 is 3.04 bits per heavy atom. The van der Waals surface area contributed by atoms with Crippen LogP contribution in [0.4, 0.5) is 10.1 Å². The smallest absolute Gasteiger partial charge is 0.227 e. The van der Waals surface area contributed by atoms with Gasteiger partial charge in [0.05, 0.1) is 19.1 Å². The van der Waals surface area contributed by atoms with Gasteiger partial charge in [0.1, 0.15) is 18.3 Å². The second-order valence-corrected chi connectivity index (χ2v) is 4.96. The largest absolute Gasteiger partial charge is 0.375 e. The summed E-state index contributed by atoms with van der Waals surface area (Å²) >= 11 is 0. The van der Waals surface area contributed by atoms with Crippen molar-refractivity contribution in [3.8, 4) is 5.69 Å². The van der Waals surface area contributed by atoms with E-state index in [9.17, 15) is 9.18 Å². The van der Waals surface area contributed by atoms with Crippen LogP contribution in [0.25, 0.3) is 5.69 Å². The standard InChI is InChI=1S/C14H16FN5O2.ClH/c15-12-5-10(1-2-13(12)20-9-17-8-18-20)19-14(21)6-11-7-16-3-4-22-11;/h1-2,5,8-9,11,16H,3-4,6-7H2,(H,19,21);1H. The van der Waals surface area contributed by atoms with E-state index >= 15 is 0 Å². The van der Waals surface area contributed by atoms with E-state index in [0.717, 1.165) is 6.54 Å². The van der Waals surface area contributed by atoms with Gasteiger partial charge in [0.25, 0.3) is 0 Å². The molecule has 2 aromatic rings. The molecule has 1 aromatic heterocycles. The van der Waals surface area contributed by atoms with Gasteiger partial charge in [-0.05, 0) is 18.2 Å². The summed E-state index contributed by atoms with van der Waals surface area (Å²) in [5.41, 5.74) is 0.672. The van der Waals surface area contributed by atoms with Crippen LogP contribution in [0.1, 0.15) is 6.42 Å². The van der Waals surface area contributed by atoms with Crippen molar-refractivity contribution in [2.75, 3.05) is 25.0 Å². The molecule has 2 heterocycles. The van der Waals surface area contributed by atoms with E-state index in [4.69, 9.17) is 4.74 Å². The highest BCUT2D eigenvalue weighted by atomic mass is 35.5. The van der Waals surface area contributed by atoms with Gasteiger partial charge in [-0.15, -0.1) is 12.4 Å². The summed E-state index contributed by atoms with van der Waals surface area (Å²) in [6, 6.07) is 4.42. The van der Waals surface area contributed by atoms with Crippen molar-refractivity contribution in [2.24, 2.45) is 0 Å². The van der Waals surface area contributed by atoms with Gasteiger partial charge in [0.2, 0.25) is 5.91 Å². The lowest BCUT2D eigenvalue weighted by atomic mass is 10.2. The van der Waals surface area contributed by atoms with Gasteiger partial charge < -0.3 is 15.4 Å². The van der Waals surface area contributed by atoms with Crippen molar-refractivity contribution in [1.29, 1.82) is 0 Å². The van der Waals surface area contributed by atoms with Crippen LogP contribution in [-0.4, -0.2) is 46.5 Å². The lowest BCUT2D eigenvalue weighted by molar-refractivity contribution is -0.119. The van der Waals surface area contributed by atoms with Crippen LogP contribution in [0.15, 0.2) is 30.9 Å². The lowest BCUT2D eigenvalue weighted by Gasteiger charge is -2.23. The third kappa shape index (κ3) is 4.47. The molecular weight excluding hydrogens is 325 g/mol. The molecule has 1 atom stereocenters. The van der Waals surface area contributed by atoms with Gasteiger partial charge in [-0.3, -0.25) is 4.79 Å². The Bertz CT molecular complexity index is 647. The number of halogens is 2. The lowest BCUT2D eigenvalue weighted by Crippen LogP contribution is -2.40. The normalized spacial score (nSPS) is 17.3. The number of morpholine rings is 1. The highest BCUT2D eigenvalue weighted by Crippen LogP contribution is 2.17. The fourth-order valence-electron chi connectivity index (χ4n) is 2.27. The van der Waals surface area contributed by atoms with Gasteiger partial charge in [0, 0.05) is 18.8 Å². The number of anilines is 1. The first-order chi connectivity index (χ1) is 10.7. The monoisotopic (exact) mass is 341 g/mol. The van der Waals surface area contributed by atoms with Crippen molar-refractivity contribution in [2.45, 2.75) is 12.5 Å². The molecular formula is C14H17ClFN5O2. The van der Waals surface area contributed by atoms with E-state index in [1.54, 1.807) is 6.07 Å². The zero-order valence-corrected chi connectivity index (χ0v) is 13.1. The summed E-state index contributed by atoms with van der Waals surface area (Å²) in [4.78, 5) is 15.7. The number of nitrogens with one attached hydrogen (secondary N) is 2. The van der Waals surface area contributed by atoms with E-state index in [1.165, 1.54) is 29.5 Å². The molecule has 1 amide bonds. The summed E-state index contributed by atoms with van der Waals surface area (Å²) in [5.74, 6) is -0.694. The van der Waals surface area contributed by atoms with Crippen LogP contribution in [0.2, 0.25) is 0 Å². The van der Waals surface area contributed by atoms with E-state index in [2.05, 4.69) is 20.7 Å². The minimum Gasteiger partial charge on any atom is -0.375 e. The summed E-state index contributed by atoms with van der Waals surface area (Å²) in [6.07, 6.45) is 2.82. The maximum Gasteiger partial charge on any atom is 0.227 e. The molecule has 23 heavy (non-hydrogen) atoms. The first-order valence-electron chi connectivity index (χ1n) is 6.99. The summed E-state index contributed by atoms with van der Waals surface area (Å²) in [5, 5.41) is 9.70. The number of aromatic nitrogens is 3. The molecule has 1 aliphatic heterocycles. The minimum absolute atomic E-state index is 0. The molecule has 2 N–H and O–H groups in total. The number of amides is 1. The molecule has 1 unspecified atom stereocenters. The van der Waals surface area contributed by atoms with Gasteiger partial charge in [0.15, 0.2) is 5.82 Å². The third-order valence-corrected chi connectivity index (χ3v) is 3.31. The average Bonchev–Trinajstić information content (AvgIpc) is 3.02. The molecule has 1 saturated heterocycles. The molecule has 1 fully saturated rings. The number of hydrogen-bond acceptors (Lipinski definition) is 5. The van der Waals surface area contributed by atoms with Crippen molar-refractivity contribution in [1.82, 2.24) is 20.1 Å². The van der Waals surface area contributed by atoms with Crippen LogP contribution < -0.4 is 10.6 Å². The first-order valence-corrected chi connectivity index (χ1v) is 6.99. The van der Waals surface area contributed by atoms with Crippen molar-refractivity contribution >= 4 is 24.0 Å². The highest BCUT2D eigenvalue weighted by molar-refractivity contribution is 5.91. The quantitative estimate of drug-likeness (QED) is 0.871. The molecule has 1 aromatic carbocycles. The van der Waals surface area contributed by atoms with Crippen molar-refractivity contribution in [3.05, 3.63) is 36.7 Å². The van der Waals surface area contributed by atoms with Gasteiger partial charge in [-0.25, -0.2) is 14.1 Å². The second-order valence-electron chi connectivity index (χ2n) is 4.96. The number of benzene rings is 1. The molecule has 0 spiro atoms. The molecule has 0 aliphatic carbocycles. The minimum atomic E-state index is -0.487. The van der Waals surface area contributed by atoms with Gasteiger partial charge in [-0.1, -0.05) is 0 Å². The number of hydrogen-bond donors (Lipinski definition) is 2. The molecule has 9 heteroatoms. The molecule has 0 bridgehead atoms. The van der Waals surface area contributed by atoms with Crippen molar-refractivity contribution < 1.29 is 13.9 Å². The van der Waals surface area contributed by atoms with Crippen LogP contribution in [-0.2, 0) is 9.53 Å². The summed E-state index contributed by atoms with van der Waals surface area (Å²) in [6.45, 7) is 2.04. The van der Waals surface area contributed by atoms with Gasteiger partial charge in [-0.2, -0.15) is 5.10 Å². The third-order valence-electron chi connectivity index (χ3n) is 3.31. The Balaban J connectivity index is 0.00000192. The molecule has 1 aliphatic rings. The number of ether oxygens (including phenoxy) is 1. The maximum atomic E-state index is 14.0. The fourth-order valence-corrected chi connectivity index (χ4v) is 2.27. The molecule has 7 nitrogen and oxygen atoms in total. The molecule has 0 radical (unpaired) electrons. The topological polar surface area (TPSA) is 81.1 Å². The predicted molar refractivity (Wildman–Crippen MR) is 84.4 cm³/mol. The fraction of sp³-hybridized carbons (Fsp3) is 0.357. The van der Waals surface area contributed by atoms with E-state index in [-0.39, 0.29) is 36.5 Å². The van der Waals surface area contributed by atoms with Crippen LogP contribution in [0.5, 0.6) is 0 Å². The Morgan fingerprint density at radius 2 is 2.39 bits per heavy atom. The molecule has 3 rings (SSSR count). The zero-order valence-electron chi connectivity index (χ0n) is 12.2. The average molecular weight is 342 g/mol. The number of carbonyl (C=O) groups is 1. The zero-order chi connectivity index (χ0) is 15.4. The Hall–Kier alpha value is -2.03. The van der Waals surface area contributed by atoms with Crippen LogP contribution in [0, 0.1) is 5.82 Å². The Morgan fingerprint density at radius 1 is 1.52 bits per heavy atom. The van der Waals surface area contributed by atoms with E-state index in [1.807, 2.05) is 0 Å². The Labute approximate surface area is 138 Å². The van der Waals surface area contributed by atoms with E-state index in [0.29, 0.717) is 18.8 Å². The number of carbonyl (C=O) groups excluding carboxylic acids is 1. The summed E-state index contributed by atoms with van der Waals surface area (Å²) in [7, 11) is 0. The molecule has 124 valence electrons. The Kier molecular flexibility index (Phi) is 6.03. The van der Waals surface area contributed by atoms with Crippen LogP contribution >= 0.6 is 12.4 Å². The van der Waals surface area contributed by atoms with Crippen molar-refractivity contribution in [3.63, 3.8) is 0 Å². The summed E-state index contributed by atoms with van der Waals surface area (Å²) < 4.78 is 20.8.